The first-order valence-electron chi connectivity index (χ1n) is 7.52. The smallest absolute Gasteiger partial charge is 0.326 e. The highest BCUT2D eigenvalue weighted by Gasteiger charge is 2.24. The fourth-order valence-corrected chi connectivity index (χ4v) is 2.12. The van der Waals surface area contributed by atoms with Crippen molar-refractivity contribution < 1.29 is 19.4 Å². The number of carboxylic acids is 1. The van der Waals surface area contributed by atoms with E-state index in [1.807, 2.05) is 0 Å². The molecule has 1 unspecified atom stereocenters. The van der Waals surface area contributed by atoms with Crippen LogP contribution in [0, 0.1) is 5.92 Å². The van der Waals surface area contributed by atoms with E-state index in [2.05, 4.69) is 20.8 Å². The Hall–Kier alpha value is -2.68. The third kappa shape index (κ3) is 5.42. The Kier molecular flexibility index (Phi) is 6.29. The maximum atomic E-state index is 12.0. The van der Waals surface area contributed by atoms with E-state index in [0.29, 0.717) is 16.6 Å². The highest BCUT2D eigenvalue weighted by Crippen LogP contribution is 2.16. The van der Waals surface area contributed by atoms with Crippen LogP contribution in [-0.4, -0.2) is 43.2 Å². The number of hydrogen-bond donors (Lipinski definition) is 2. The van der Waals surface area contributed by atoms with Gasteiger partial charge in [-0.1, -0.05) is 25.4 Å². The first kappa shape index (κ1) is 18.7. The summed E-state index contributed by atoms with van der Waals surface area (Å²) in [6, 6.07) is 5.79. The Labute approximate surface area is 148 Å². The van der Waals surface area contributed by atoms with E-state index in [4.69, 9.17) is 21.4 Å². The summed E-state index contributed by atoms with van der Waals surface area (Å²) in [5, 5.41) is 23.2. The lowest BCUT2D eigenvalue weighted by Crippen LogP contribution is -2.45. The molecule has 1 amide bonds. The zero-order valence-corrected chi connectivity index (χ0v) is 14.5. The minimum Gasteiger partial charge on any atom is -0.486 e. The molecular formula is C15H18ClN5O4. The van der Waals surface area contributed by atoms with Crippen molar-refractivity contribution in [3.63, 3.8) is 0 Å². The Morgan fingerprint density at radius 2 is 2.00 bits per heavy atom. The summed E-state index contributed by atoms with van der Waals surface area (Å²) in [4.78, 5) is 23.2. The lowest BCUT2D eigenvalue weighted by atomic mass is 10.1. The molecular weight excluding hydrogens is 350 g/mol. The fraction of sp³-hybridized carbons (Fsp3) is 0.400. The molecule has 0 radical (unpaired) electrons. The summed E-state index contributed by atoms with van der Waals surface area (Å²) in [5.74, 6) is -0.925. The molecule has 2 N–H and O–H groups in total. The van der Waals surface area contributed by atoms with Crippen LogP contribution >= 0.6 is 11.6 Å². The quantitative estimate of drug-likeness (QED) is 0.717. The minimum atomic E-state index is -1.09. The Balaban J connectivity index is 1.95. The molecule has 0 saturated carbocycles. The van der Waals surface area contributed by atoms with E-state index in [-0.39, 0.29) is 19.1 Å². The van der Waals surface area contributed by atoms with Gasteiger partial charge in [-0.3, -0.25) is 4.79 Å². The Morgan fingerprint density at radius 3 is 2.60 bits per heavy atom. The van der Waals surface area contributed by atoms with Crippen LogP contribution in [0.15, 0.2) is 24.3 Å². The molecule has 9 nitrogen and oxygen atoms in total. The van der Waals surface area contributed by atoms with Gasteiger partial charge < -0.3 is 15.2 Å². The number of tetrazole rings is 1. The minimum absolute atomic E-state index is 0.0501. The lowest BCUT2D eigenvalue weighted by Gasteiger charge is -2.17. The molecule has 2 aromatic rings. The highest BCUT2D eigenvalue weighted by molar-refractivity contribution is 6.30. The van der Waals surface area contributed by atoms with Gasteiger partial charge in [0.2, 0.25) is 5.91 Å². The standard InChI is InChI=1S/C15H18ClN5O4/c1-9(2)14(15(23)24)17-13(22)7-21-12(18-19-20-21)8-25-11-5-3-10(16)4-6-11/h3-6,9,14H,7-8H2,1-2H3,(H,17,22)(H,23,24). The normalized spacial score (nSPS) is 12.0. The van der Waals surface area contributed by atoms with Gasteiger partial charge in [0.05, 0.1) is 0 Å². The van der Waals surface area contributed by atoms with Gasteiger partial charge in [-0.15, -0.1) is 5.10 Å². The second kappa shape index (κ2) is 8.43. The predicted molar refractivity (Wildman–Crippen MR) is 88.0 cm³/mol. The molecule has 0 aliphatic rings. The topological polar surface area (TPSA) is 119 Å². The fourth-order valence-electron chi connectivity index (χ4n) is 2.00. The number of ether oxygens (including phenoxy) is 1. The van der Waals surface area contributed by atoms with Crippen molar-refractivity contribution in [2.24, 2.45) is 5.92 Å². The van der Waals surface area contributed by atoms with Crippen LogP contribution in [0.3, 0.4) is 0 Å². The molecule has 1 atom stereocenters. The molecule has 0 fully saturated rings. The summed E-state index contributed by atoms with van der Waals surface area (Å²) in [5.41, 5.74) is 0. The number of amides is 1. The summed E-state index contributed by atoms with van der Waals surface area (Å²) in [6.07, 6.45) is 0. The first-order valence-corrected chi connectivity index (χ1v) is 7.90. The van der Waals surface area contributed by atoms with E-state index in [9.17, 15) is 9.59 Å². The Morgan fingerprint density at radius 1 is 1.32 bits per heavy atom. The van der Waals surface area contributed by atoms with Crippen molar-refractivity contribution in [3.8, 4) is 5.75 Å². The van der Waals surface area contributed by atoms with Crippen molar-refractivity contribution in [1.29, 1.82) is 0 Å². The van der Waals surface area contributed by atoms with Crippen LogP contribution in [0.4, 0.5) is 0 Å². The number of aromatic nitrogens is 4. The van der Waals surface area contributed by atoms with Crippen LogP contribution in [0.5, 0.6) is 5.75 Å². The number of halogens is 1. The van der Waals surface area contributed by atoms with Crippen molar-refractivity contribution in [2.45, 2.75) is 33.0 Å². The molecule has 134 valence electrons. The SMILES string of the molecule is CC(C)C(NC(=O)Cn1nnnc1COc1ccc(Cl)cc1)C(=O)O. The number of hydrogen-bond acceptors (Lipinski definition) is 6. The molecule has 1 heterocycles. The number of rotatable bonds is 8. The second-order valence-electron chi connectivity index (χ2n) is 5.62. The molecule has 10 heteroatoms. The third-order valence-corrected chi connectivity index (χ3v) is 3.58. The number of carbonyl (C=O) groups is 2. The van der Waals surface area contributed by atoms with Crippen LogP contribution in [0.2, 0.25) is 5.02 Å². The monoisotopic (exact) mass is 367 g/mol. The van der Waals surface area contributed by atoms with Gasteiger partial charge in [0.15, 0.2) is 5.82 Å². The van der Waals surface area contributed by atoms with Crippen molar-refractivity contribution in [1.82, 2.24) is 25.5 Å². The van der Waals surface area contributed by atoms with Crippen LogP contribution in [0.25, 0.3) is 0 Å². The third-order valence-electron chi connectivity index (χ3n) is 3.33. The van der Waals surface area contributed by atoms with Gasteiger partial charge in [0.1, 0.15) is 24.9 Å². The van der Waals surface area contributed by atoms with Crippen molar-refractivity contribution in [3.05, 3.63) is 35.1 Å². The first-order chi connectivity index (χ1) is 11.9. The maximum absolute atomic E-state index is 12.0. The largest absolute Gasteiger partial charge is 0.486 e. The van der Waals surface area contributed by atoms with Gasteiger partial charge in [0.25, 0.3) is 0 Å². The molecule has 0 bridgehead atoms. The molecule has 1 aromatic heterocycles. The number of carbonyl (C=O) groups excluding carboxylic acids is 1. The zero-order valence-electron chi connectivity index (χ0n) is 13.7. The molecule has 0 saturated heterocycles. The van der Waals surface area contributed by atoms with Gasteiger partial charge in [-0.25, -0.2) is 9.48 Å². The number of nitrogens with one attached hydrogen (secondary N) is 1. The summed E-state index contributed by atoms with van der Waals surface area (Å²) in [7, 11) is 0. The van der Waals surface area contributed by atoms with Gasteiger partial charge in [-0.05, 0) is 40.6 Å². The van der Waals surface area contributed by atoms with Gasteiger partial charge in [-0.2, -0.15) is 0 Å². The maximum Gasteiger partial charge on any atom is 0.326 e. The number of carboxylic acid groups (broad SMARTS) is 1. The molecule has 0 aliphatic carbocycles. The predicted octanol–water partition coefficient (Wildman–Crippen LogP) is 1.13. The second-order valence-corrected chi connectivity index (χ2v) is 6.06. The van der Waals surface area contributed by atoms with Crippen LogP contribution in [-0.2, 0) is 22.7 Å². The molecule has 25 heavy (non-hydrogen) atoms. The van der Waals surface area contributed by atoms with E-state index in [1.54, 1.807) is 38.1 Å². The zero-order chi connectivity index (χ0) is 18.4. The number of nitrogens with zero attached hydrogens (tertiary/aromatic N) is 4. The van der Waals surface area contributed by atoms with Crippen molar-refractivity contribution in [2.75, 3.05) is 0 Å². The summed E-state index contributed by atoms with van der Waals surface area (Å²) in [6.45, 7) is 3.26. The van der Waals surface area contributed by atoms with Crippen LogP contribution in [0.1, 0.15) is 19.7 Å². The van der Waals surface area contributed by atoms with Gasteiger partial charge >= 0.3 is 5.97 Å². The number of benzene rings is 1. The lowest BCUT2D eigenvalue weighted by molar-refractivity contribution is -0.143. The number of aliphatic carboxylic acids is 1. The highest BCUT2D eigenvalue weighted by atomic mass is 35.5. The summed E-state index contributed by atoms with van der Waals surface area (Å²) < 4.78 is 6.79. The van der Waals surface area contributed by atoms with Crippen LogP contribution < -0.4 is 10.1 Å². The molecule has 1 aromatic carbocycles. The summed E-state index contributed by atoms with van der Waals surface area (Å²) >= 11 is 5.80. The van der Waals surface area contributed by atoms with E-state index >= 15 is 0 Å². The van der Waals surface area contributed by atoms with E-state index in [1.165, 1.54) is 4.68 Å². The van der Waals surface area contributed by atoms with E-state index in [0.717, 1.165) is 0 Å². The molecule has 0 spiro atoms. The van der Waals surface area contributed by atoms with Crippen molar-refractivity contribution >= 4 is 23.5 Å². The Bertz CT molecular complexity index is 732. The average Bonchev–Trinajstić information content (AvgIpc) is 2.98. The van der Waals surface area contributed by atoms with Gasteiger partial charge in [0, 0.05) is 5.02 Å². The molecule has 2 rings (SSSR count). The van der Waals surface area contributed by atoms with E-state index < -0.39 is 17.9 Å². The molecule has 0 aliphatic heterocycles. The average molecular weight is 368 g/mol.